The molecule has 0 saturated carbocycles. The van der Waals surface area contributed by atoms with Gasteiger partial charge in [-0.25, -0.2) is 0 Å². The second-order valence-corrected chi connectivity index (χ2v) is 9.53. The van der Waals surface area contributed by atoms with Gasteiger partial charge in [-0.2, -0.15) is 0 Å². The molecule has 0 atom stereocenters. The summed E-state index contributed by atoms with van der Waals surface area (Å²) in [5.74, 6) is 1.63. The van der Waals surface area contributed by atoms with Gasteiger partial charge in [0.1, 0.15) is 5.75 Å². The van der Waals surface area contributed by atoms with Gasteiger partial charge in [0.15, 0.2) is 16.8 Å². The van der Waals surface area contributed by atoms with Crippen molar-refractivity contribution in [2.45, 2.75) is 18.5 Å². The third kappa shape index (κ3) is 5.73. The molecule has 0 saturated heterocycles. The molecule has 0 spiro atoms. The monoisotopic (exact) mass is 492 g/mol. The highest BCUT2D eigenvalue weighted by Crippen LogP contribution is 2.30. The fourth-order valence-corrected chi connectivity index (χ4v) is 5.22. The van der Waals surface area contributed by atoms with Gasteiger partial charge in [-0.3, -0.25) is 14.2 Å². The Hall–Kier alpha value is -3.43. The lowest BCUT2D eigenvalue weighted by Gasteiger charge is -2.10. The summed E-state index contributed by atoms with van der Waals surface area (Å²) in [4.78, 5) is 25.7. The summed E-state index contributed by atoms with van der Waals surface area (Å²) >= 11 is 2.82. The van der Waals surface area contributed by atoms with Crippen molar-refractivity contribution >= 4 is 34.8 Å². The lowest BCUT2D eigenvalue weighted by Crippen LogP contribution is -2.22. The van der Waals surface area contributed by atoms with Crippen LogP contribution in [0.5, 0.6) is 5.75 Å². The molecule has 174 valence electrons. The number of nitrogens with one attached hydrogen (secondary N) is 1. The van der Waals surface area contributed by atoms with E-state index < -0.39 is 0 Å². The Morgan fingerprint density at radius 1 is 1.06 bits per heavy atom. The summed E-state index contributed by atoms with van der Waals surface area (Å²) in [5, 5.41) is 12.2. The molecule has 2 aromatic carbocycles. The van der Waals surface area contributed by atoms with Gasteiger partial charge in [-0.1, -0.05) is 42.1 Å². The van der Waals surface area contributed by atoms with E-state index in [1.807, 2.05) is 71.3 Å². The Kier molecular flexibility index (Phi) is 7.76. The van der Waals surface area contributed by atoms with Gasteiger partial charge in [0, 0.05) is 29.6 Å². The van der Waals surface area contributed by atoms with Crippen LogP contribution in [-0.4, -0.2) is 45.9 Å². The van der Waals surface area contributed by atoms with Crippen molar-refractivity contribution in [1.82, 2.24) is 20.1 Å². The van der Waals surface area contributed by atoms with Crippen LogP contribution < -0.4 is 10.1 Å². The number of amides is 1. The van der Waals surface area contributed by atoms with Gasteiger partial charge in [0.05, 0.1) is 17.7 Å². The molecule has 4 aromatic rings. The fourth-order valence-electron chi connectivity index (χ4n) is 3.35. The number of para-hydroxylation sites is 1. The molecule has 0 unspecified atom stereocenters. The quantitative estimate of drug-likeness (QED) is 0.256. The van der Waals surface area contributed by atoms with Crippen molar-refractivity contribution in [3.8, 4) is 22.8 Å². The largest absolute Gasteiger partial charge is 0.497 e. The minimum Gasteiger partial charge on any atom is -0.497 e. The van der Waals surface area contributed by atoms with Gasteiger partial charge in [0.2, 0.25) is 5.91 Å². The Morgan fingerprint density at radius 3 is 2.65 bits per heavy atom. The van der Waals surface area contributed by atoms with E-state index in [2.05, 4.69) is 15.5 Å². The van der Waals surface area contributed by atoms with Crippen LogP contribution in [0.1, 0.15) is 21.5 Å². The number of ether oxygens (including phenoxy) is 1. The van der Waals surface area contributed by atoms with Crippen molar-refractivity contribution < 1.29 is 14.3 Å². The molecule has 0 aliphatic carbocycles. The topological polar surface area (TPSA) is 86.1 Å². The number of carbonyl (C=O) groups is 2. The summed E-state index contributed by atoms with van der Waals surface area (Å²) in [6, 6.07) is 21.3. The summed E-state index contributed by atoms with van der Waals surface area (Å²) in [6.07, 6.45) is 0.705. The molecule has 2 heterocycles. The van der Waals surface area contributed by atoms with Crippen LogP contribution >= 0.6 is 23.1 Å². The normalized spacial score (nSPS) is 10.8. The minimum atomic E-state index is -0.0555. The maximum absolute atomic E-state index is 12.9. The molecular formula is C25H24N4O3S2. The molecule has 0 radical (unpaired) electrons. The van der Waals surface area contributed by atoms with E-state index in [0.717, 1.165) is 21.9 Å². The van der Waals surface area contributed by atoms with Crippen LogP contribution in [0.15, 0.2) is 71.9 Å². The highest BCUT2D eigenvalue weighted by Gasteiger charge is 2.19. The third-order valence-corrected chi connectivity index (χ3v) is 7.10. The number of methoxy groups -OCH3 is 1. The number of nitrogens with zero attached hydrogens (tertiary/aromatic N) is 3. The van der Waals surface area contributed by atoms with Crippen LogP contribution in [0, 0.1) is 0 Å². The van der Waals surface area contributed by atoms with E-state index in [4.69, 9.17) is 4.74 Å². The average molecular weight is 493 g/mol. The lowest BCUT2D eigenvalue weighted by atomic mass is 10.2. The molecule has 0 aliphatic heterocycles. The Balaban J connectivity index is 1.53. The van der Waals surface area contributed by atoms with E-state index in [9.17, 15) is 9.59 Å². The van der Waals surface area contributed by atoms with Gasteiger partial charge >= 0.3 is 0 Å². The summed E-state index contributed by atoms with van der Waals surface area (Å²) < 4.78 is 7.33. The zero-order valence-corrected chi connectivity index (χ0v) is 20.5. The highest BCUT2D eigenvalue weighted by molar-refractivity contribution is 7.99. The summed E-state index contributed by atoms with van der Waals surface area (Å²) in [5.41, 5.74) is 1.78. The van der Waals surface area contributed by atoms with Gasteiger partial charge in [-0.05, 0) is 42.8 Å². The van der Waals surface area contributed by atoms with Crippen molar-refractivity contribution in [2.24, 2.45) is 0 Å². The number of rotatable bonds is 10. The van der Waals surface area contributed by atoms with Crippen molar-refractivity contribution in [3.05, 3.63) is 76.5 Å². The first-order chi connectivity index (χ1) is 16.5. The fraction of sp³-hybridized carbons (Fsp3) is 0.200. The molecule has 2 aromatic heterocycles. The number of hydrogen-bond donors (Lipinski definition) is 1. The summed E-state index contributed by atoms with van der Waals surface area (Å²) in [7, 11) is 1.63. The molecule has 7 nitrogen and oxygen atoms in total. The molecule has 9 heteroatoms. The van der Waals surface area contributed by atoms with Crippen LogP contribution in [0.25, 0.3) is 17.1 Å². The third-order valence-electron chi connectivity index (χ3n) is 4.99. The number of thioether (sulfide) groups is 1. The number of ketones is 1. The van der Waals surface area contributed by atoms with Crippen LogP contribution in [0.4, 0.5) is 0 Å². The zero-order valence-electron chi connectivity index (χ0n) is 18.9. The van der Waals surface area contributed by atoms with Gasteiger partial charge in [-0.15, -0.1) is 21.5 Å². The number of Topliss-reactive ketones (excluding diaryl/α,β-unsaturated/α-hetero) is 1. The molecular weight excluding hydrogens is 468 g/mol. The number of aromatic nitrogens is 3. The van der Waals surface area contributed by atoms with Gasteiger partial charge < -0.3 is 10.1 Å². The molecule has 1 amide bonds. The van der Waals surface area contributed by atoms with E-state index in [1.165, 1.54) is 30.0 Å². The van der Waals surface area contributed by atoms with E-state index >= 15 is 0 Å². The molecule has 0 fully saturated rings. The second-order valence-electron chi connectivity index (χ2n) is 7.42. The van der Waals surface area contributed by atoms with Crippen LogP contribution in [0.3, 0.4) is 0 Å². The van der Waals surface area contributed by atoms with E-state index in [1.54, 1.807) is 7.11 Å². The maximum Gasteiger partial charge on any atom is 0.216 e. The number of thiophene rings is 1. The van der Waals surface area contributed by atoms with Crippen molar-refractivity contribution in [1.29, 1.82) is 0 Å². The predicted molar refractivity (Wildman–Crippen MR) is 135 cm³/mol. The lowest BCUT2D eigenvalue weighted by molar-refractivity contribution is -0.118. The smallest absolute Gasteiger partial charge is 0.216 e. The molecule has 34 heavy (non-hydrogen) atoms. The van der Waals surface area contributed by atoms with E-state index in [-0.39, 0.29) is 17.4 Å². The predicted octanol–water partition coefficient (Wildman–Crippen LogP) is 4.66. The minimum absolute atomic E-state index is 0.0336. The Bertz CT molecular complexity index is 1280. The first-order valence-corrected chi connectivity index (χ1v) is 12.5. The van der Waals surface area contributed by atoms with Gasteiger partial charge in [0.25, 0.3) is 0 Å². The van der Waals surface area contributed by atoms with Crippen LogP contribution in [-0.2, 0) is 11.2 Å². The first kappa shape index (κ1) is 23.7. The standard InChI is InChI=1S/C25H24N4O3S2/c1-17(30)26-14-13-21-11-12-23(34-21)22(31)16-33-25-28-27-24(18-7-6-10-20(15-18)32-2)29(25)19-8-4-3-5-9-19/h3-12,15H,13-14,16H2,1-2H3,(H,26,30). The maximum atomic E-state index is 12.9. The van der Waals surface area contributed by atoms with E-state index in [0.29, 0.717) is 28.8 Å². The number of benzene rings is 2. The first-order valence-electron chi connectivity index (χ1n) is 10.7. The van der Waals surface area contributed by atoms with Crippen LogP contribution in [0.2, 0.25) is 0 Å². The highest BCUT2D eigenvalue weighted by atomic mass is 32.2. The number of carbonyl (C=O) groups excluding carboxylic acids is 2. The average Bonchev–Trinajstić information content (AvgIpc) is 3.50. The second kappa shape index (κ2) is 11.1. The molecule has 4 rings (SSSR count). The summed E-state index contributed by atoms with van der Waals surface area (Å²) in [6.45, 7) is 2.06. The zero-order chi connectivity index (χ0) is 23.9. The molecule has 0 aliphatic rings. The number of hydrogen-bond acceptors (Lipinski definition) is 7. The molecule has 1 N–H and O–H groups in total. The SMILES string of the molecule is COc1cccc(-c2nnc(SCC(=O)c3ccc(CCNC(C)=O)s3)n2-c2ccccc2)c1. The molecule has 0 bridgehead atoms. The Morgan fingerprint density at radius 2 is 1.88 bits per heavy atom. The van der Waals surface area contributed by atoms with Crippen molar-refractivity contribution in [3.63, 3.8) is 0 Å². The van der Waals surface area contributed by atoms with Crippen molar-refractivity contribution in [2.75, 3.05) is 19.4 Å². The Labute approximate surface area is 206 Å².